The summed E-state index contributed by atoms with van der Waals surface area (Å²) in [7, 11) is -9.84. The van der Waals surface area contributed by atoms with Crippen LogP contribution in [0.15, 0.2) is 194 Å². The molecular formula is C85H136O16P2. The van der Waals surface area contributed by atoms with Crippen molar-refractivity contribution >= 4 is 33.6 Å². The predicted octanol–water partition coefficient (Wildman–Crippen LogP) is 22.8. The van der Waals surface area contributed by atoms with Gasteiger partial charge in [0, 0.05) is 19.3 Å². The van der Waals surface area contributed by atoms with Crippen LogP contribution in [0.4, 0.5) is 0 Å². The number of aliphatic hydroxyl groups is 2. The van der Waals surface area contributed by atoms with Crippen LogP contribution in [-0.2, 0) is 55.8 Å². The second-order valence-electron chi connectivity index (χ2n) is 25.0. The van der Waals surface area contributed by atoms with Crippen molar-refractivity contribution in [3.05, 3.63) is 194 Å². The van der Waals surface area contributed by atoms with Crippen LogP contribution < -0.4 is 0 Å². The molecule has 0 heterocycles. The summed E-state index contributed by atoms with van der Waals surface area (Å²) in [5.41, 5.74) is 0. The van der Waals surface area contributed by atoms with E-state index in [9.17, 15) is 43.5 Å². The van der Waals surface area contributed by atoms with E-state index in [4.69, 9.17) is 32.3 Å². The molecule has 0 aliphatic carbocycles. The van der Waals surface area contributed by atoms with Gasteiger partial charge in [0.2, 0.25) is 0 Å². The maximum Gasteiger partial charge on any atom is 0.472 e. The highest BCUT2D eigenvalue weighted by Crippen LogP contribution is 2.45. The smallest absolute Gasteiger partial charge is 0.463 e. The molecule has 0 spiro atoms. The number of hydrogen-bond donors (Lipinski definition) is 4. The van der Waals surface area contributed by atoms with Crippen molar-refractivity contribution in [2.45, 2.75) is 283 Å². The molecule has 0 aromatic heterocycles. The lowest BCUT2D eigenvalue weighted by molar-refractivity contribution is -0.161. The molecule has 0 aliphatic heterocycles. The van der Waals surface area contributed by atoms with Crippen LogP contribution in [0.1, 0.15) is 265 Å². The molecule has 0 aromatic carbocycles. The summed E-state index contributed by atoms with van der Waals surface area (Å²) in [5, 5.41) is 20.6. The van der Waals surface area contributed by atoms with E-state index in [-0.39, 0.29) is 19.3 Å². The normalized spacial score (nSPS) is 15.1. The van der Waals surface area contributed by atoms with Gasteiger partial charge in [-0.05, 0) is 148 Å². The molecule has 0 aromatic rings. The summed E-state index contributed by atoms with van der Waals surface area (Å²) in [5.74, 6) is -1.71. The molecule has 5 atom stereocenters. The summed E-state index contributed by atoms with van der Waals surface area (Å²) in [6, 6.07) is 0. The van der Waals surface area contributed by atoms with E-state index >= 15 is 0 Å². The van der Waals surface area contributed by atoms with Gasteiger partial charge in [-0.1, -0.05) is 292 Å². The first-order valence-corrected chi connectivity index (χ1v) is 41.7. The fourth-order valence-corrected chi connectivity index (χ4v) is 11.1. The molecule has 582 valence electrons. The Morgan fingerprint density at radius 3 is 0.806 bits per heavy atom. The van der Waals surface area contributed by atoms with Crippen LogP contribution in [0, 0.1) is 0 Å². The molecule has 18 heteroatoms. The van der Waals surface area contributed by atoms with E-state index in [0.717, 1.165) is 161 Å². The molecule has 0 saturated heterocycles. The van der Waals surface area contributed by atoms with Crippen molar-refractivity contribution in [1.82, 2.24) is 0 Å². The first kappa shape index (κ1) is 97.4. The van der Waals surface area contributed by atoms with Gasteiger partial charge in [0.25, 0.3) is 0 Å². The fourth-order valence-electron chi connectivity index (χ4n) is 9.53. The van der Waals surface area contributed by atoms with Gasteiger partial charge in [0.05, 0.1) is 26.4 Å². The van der Waals surface area contributed by atoms with Gasteiger partial charge in [0.15, 0.2) is 6.10 Å². The van der Waals surface area contributed by atoms with Gasteiger partial charge in [-0.15, -0.1) is 0 Å². The quantitative estimate of drug-likeness (QED) is 0.0146. The first-order chi connectivity index (χ1) is 50.2. The highest BCUT2D eigenvalue weighted by Gasteiger charge is 2.29. The Kier molecular flexibility index (Phi) is 71.9. The average Bonchev–Trinajstić information content (AvgIpc) is 0.939. The maximum atomic E-state index is 12.9. The van der Waals surface area contributed by atoms with Gasteiger partial charge in [-0.2, -0.15) is 0 Å². The minimum Gasteiger partial charge on any atom is -0.463 e. The SMILES string of the molecule is CC/C=C\C/C=C\C/C=C\C/C=C\C/C=C\C/C=C\CCC(=O)OC(COC(=O)CCCCCCC/C=C\C/C=C\C/C=C\C/C=C\C/C=C\CC)COP(=O)(O)OCC(O)COP(=O)(O)OCC(O)COC(=O)CCCCCCCCCCCCC/C=C\C/C=C\C/C=C\C/C=C\C/C=C\CC. The molecule has 4 N–H and O–H groups in total. The standard InChI is InChI=1S/C85H136O16P2/c1-4-7-10-13-16-19-22-25-28-31-34-36-37-38-39-40-41-43-46-47-50-53-56-59-62-65-68-71-83(88)95-74-80(86)75-97-102(91,92)98-76-81(87)77-99-103(93,94)100-79-82(101-85(90)73-70-67-64-61-58-55-52-49-44-33-30-27-24-21-18-15-12-9-6-3)78-96-84(89)72-69-66-63-60-57-54-51-48-45-42-35-32-29-26-23-20-17-14-11-8-5-2/h7-12,16-21,25-30,34-36,38-39,42,44,48-49,51,55,58,64,67,80-82,86-87H,4-6,13-15,22-24,31-33,37,40-41,43,45-47,50,52-54,56-57,59-63,65-66,68-79H2,1-3H3,(H,91,92)(H,93,94)/b10-7-,11-8-,12-9-,19-16-,20-17-,21-18-,28-25-,29-26-,30-27-,36-34-,39-38-,42-35-,49-44-,51-48-,58-55-,67-64-. The number of unbranched alkanes of at least 4 members (excludes halogenated alkanes) is 16. The van der Waals surface area contributed by atoms with E-state index in [1.54, 1.807) is 0 Å². The first-order valence-electron chi connectivity index (χ1n) is 38.7. The molecule has 0 radical (unpaired) electrons. The molecule has 0 amide bonds. The monoisotopic (exact) mass is 1470 g/mol. The van der Waals surface area contributed by atoms with E-state index in [2.05, 4.69) is 197 Å². The third-order valence-electron chi connectivity index (χ3n) is 15.3. The van der Waals surface area contributed by atoms with E-state index in [1.165, 1.54) is 38.5 Å². The highest BCUT2D eigenvalue weighted by molar-refractivity contribution is 7.47. The summed E-state index contributed by atoms with van der Waals surface area (Å²) < 4.78 is 61.0. The van der Waals surface area contributed by atoms with E-state index < -0.39 is 91.5 Å². The number of ether oxygens (including phenoxy) is 3. The average molecular weight is 1480 g/mol. The fraction of sp³-hybridized carbons (Fsp3) is 0.588. The van der Waals surface area contributed by atoms with Gasteiger partial charge < -0.3 is 34.2 Å². The van der Waals surface area contributed by atoms with Gasteiger partial charge in [-0.25, -0.2) is 9.13 Å². The molecule has 0 fully saturated rings. The Balaban J connectivity index is 4.72. The zero-order chi connectivity index (χ0) is 75.2. The minimum absolute atomic E-state index is 0.0333. The Morgan fingerprint density at radius 2 is 0.505 bits per heavy atom. The van der Waals surface area contributed by atoms with Gasteiger partial charge >= 0.3 is 33.6 Å². The Morgan fingerprint density at radius 1 is 0.272 bits per heavy atom. The summed E-state index contributed by atoms with van der Waals surface area (Å²) in [4.78, 5) is 58.6. The number of hydrogen-bond acceptors (Lipinski definition) is 14. The largest absolute Gasteiger partial charge is 0.472 e. The van der Waals surface area contributed by atoms with Gasteiger partial charge in [0.1, 0.15) is 25.4 Å². The number of rotatable bonds is 71. The second kappa shape index (κ2) is 76.1. The lowest BCUT2D eigenvalue weighted by Crippen LogP contribution is -2.29. The molecule has 0 aliphatic rings. The van der Waals surface area contributed by atoms with Crippen LogP contribution in [0.25, 0.3) is 0 Å². The zero-order valence-electron chi connectivity index (χ0n) is 63.4. The molecular weight excluding hydrogens is 1340 g/mol. The number of phosphoric ester groups is 2. The van der Waals surface area contributed by atoms with E-state index in [0.29, 0.717) is 25.7 Å². The zero-order valence-corrected chi connectivity index (χ0v) is 65.2. The van der Waals surface area contributed by atoms with Gasteiger partial charge in [-0.3, -0.25) is 32.5 Å². The minimum atomic E-state index is -4.97. The number of allylic oxidation sites excluding steroid dienone is 32. The van der Waals surface area contributed by atoms with Crippen molar-refractivity contribution in [2.75, 3.05) is 39.6 Å². The van der Waals surface area contributed by atoms with Crippen molar-refractivity contribution in [3.63, 3.8) is 0 Å². The molecule has 103 heavy (non-hydrogen) atoms. The number of esters is 3. The molecule has 5 unspecified atom stereocenters. The van der Waals surface area contributed by atoms with Crippen LogP contribution >= 0.6 is 15.6 Å². The van der Waals surface area contributed by atoms with Crippen molar-refractivity contribution in [1.29, 1.82) is 0 Å². The number of carbonyl (C=O) groups excluding carboxylic acids is 3. The topological polar surface area (TPSA) is 231 Å². The predicted molar refractivity (Wildman–Crippen MR) is 426 cm³/mol. The number of aliphatic hydroxyl groups excluding tert-OH is 2. The molecule has 0 rings (SSSR count). The Labute approximate surface area is 623 Å². The Hall–Kier alpha value is -5.61. The van der Waals surface area contributed by atoms with Crippen molar-refractivity contribution < 1.29 is 75.8 Å². The third-order valence-corrected chi connectivity index (χ3v) is 17.2. The van der Waals surface area contributed by atoms with Crippen LogP contribution in [-0.4, -0.2) is 95.9 Å². The lowest BCUT2D eigenvalue weighted by Gasteiger charge is -2.21. The number of carbonyl (C=O) groups is 3. The van der Waals surface area contributed by atoms with Crippen LogP contribution in [0.3, 0.4) is 0 Å². The molecule has 16 nitrogen and oxygen atoms in total. The maximum absolute atomic E-state index is 12.9. The van der Waals surface area contributed by atoms with Crippen LogP contribution in [0.2, 0.25) is 0 Å². The van der Waals surface area contributed by atoms with Crippen LogP contribution in [0.5, 0.6) is 0 Å². The Bertz CT molecular complexity index is 2650. The number of phosphoric acid groups is 2. The van der Waals surface area contributed by atoms with E-state index in [1.807, 2.05) is 18.2 Å². The van der Waals surface area contributed by atoms with Crippen molar-refractivity contribution in [2.24, 2.45) is 0 Å². The summed E-state index contributed by atoms with van der Waals surface area (Å²) in [6.45, 7) is 2.20. The van der Waals surface area contributed by atoms with Crippen molar-refractivity contribution in [3.8, 4) is 0 Å². The lowest BCUT2D eigenvalue weighted by atomic mass is 10.0. The second-order valence-corrected chi connectivity index (χ2v) is 27.9. The molecule has 0 bridgehead atoms. The highest BCUT2D eigenvalue weighted by atomic mass is 31.2. The third kappa shape index (κ3) is 77.3. The molecule has 0 saturated carbocycles. The summed E-state index contributed by atoms with van der Waals surface area (Å²) >= 11 is 0. The summed E-state index contributed by atoms with van der Waals surface area (Å²) in [6.07, 6.45) is 99.2.